The molecule has 3 unspecified atom stereocenters. The monoisotopic (exact) mass is 794 g/mol. The van der Waals surface area contributed by atoms with Crippen LogP contribution >= 0.6 is 0 Å². The quantitative estimate of drug-likeness (QED) is 0.0300. The molecule has 310 valence electrons. The maximum absolute atomic E-state index is 12.2. The molecule has 0 radical (unpaired) electrons. The molecule has 0 aromatic heterocycles. The summed E-state index contributed by atoms with van der Waals surface area (Å²) in [6.07, 6.45) is 6.64. The first-order valence-electron chi connectivity index (χ1n) is 20.3. The summed E-state index contributed by atoms with van der Waals surface area (Å²) in [5.74, 6) is -4.77. The van der Waals surface area contributed by atoms with Gasteiger partial charge >= 0.3 is 0 Å². The van der Waals surface area contributed by atoms with Crippen molar-refractivity contribution in [2.75, 3.05) is 0 Å². The van der Waals surface area contributed by atoms with Crippen LogP contribution in [0, 0.1) is 0 Å². The lowest BCUT2D eigenvalue weighted by molar-refractivity contribution is 0.288. The van der Waals surface area contributed by atoms with Gasteiger partial charge < -0.3 is 51.1 Å². The van der Waals surface area contributed by atoms with Crippen LogP contribution in [0.2, 0.25) is 0 Å². The third-order valence-corrected chi connectivity index (χ3v) is 12.2. The van der Waals surface area contributed by atoms with Gasteiger partial charge in [0.25, 0.3) is 0 Å². The van der Waals surface area contributed by atoms with Crippen molar-refractivity contribution in [1.29, 1.82) is 0 Å². The van der Waals surface area contributed by atoms with E-state index in [9.17, 15) is 51.1 Å². The average molecular weight is 795 g/mol. The Balaban J connectivity index is 1.95. The van der Waals surface area contributed by atoms with Crippen molar-refractivity contribution in [3.8, 4) is 57.5 Å². The van der Waals surface area contributed by atoms with Crippen LogP contribution in [0.3, 0.4) is 0 Å². The second-order valence-electron chi connectivity index (χ2n) is 15.7. The van der Waals surface area contributed by atoms with Crippen LogP contribution < -0.4 is 0 Å². The number of benzene rings is 5. The normalized spacial score (nSPS) is 14.2. The molecule has 10 heteroatoms. The summed E-state index contributed by atoms with van der Waals surface area (Å²) >= 11 is 0. The number of rotatable bonds is 18. The Morgan fingerprint density at radius 2 is 0.810 bits per heavy atom. The topological polar surface area (TPSA) is 202 Å². The fourth-order valence-electron chi connectivity index (χ4n) is 9.35. The maximum atomic E-state index is 12.2. The molecule has 0 aliphatic carbocycles. The van der Waals surface area contributed by atoms with Gasteiger partial charge in [0.05, 0.1) is 0 Å². The van der Waals surface area contributed by atoms with Crippen molar-refractivity contribution in [3.05, 3.63) is 118 Å². The molecule has 5 aromatic rings. The molecule has 0 fully saturated rings. The number of phenols is 10. The number of hydrogen-bond acceptors (Lipinski definition) is 10. The lowest BCUT2D eigenvalue weighted by Crippen LogP contribution is -2.37. The maximum Gasteiger partial charge on any atom is 0.161 e. The zero-order valence-corrected chi connectivity index (χ0v) is 33.8. The molecular weight excluding hydrogens is 737 g/mol. The van der Waals surface area contributed by atoms with Gasteiger partial charge in [0, 0.05) is 28.2 Å². The van der Waals surface area contributed by atoms with Crippen LogP contribution in [0.1, 0.15) is 137 Å². The average Bonchev–Trinajstić information content (AvgIpc) is 3.20. The van der Waals surface area contributed by atoms with Crippen LogP contribution in [-0.4, -0.2) is 51.1 Å². The molecule has 5 rings (SSSR count). The summed E-state index contributed by atoms with van der Waals surface area (Å²) in [5, 5.41) is 110. The Hall–Kier alpha value is -5.90. The van der Waals surface area contributed by atoms with Crippen molar-refractivity contribution < 1.29 is 51.1 Å². The van der Waals surface area contributed by atoms with E-state index in [0.717, 1.165) is 25.7 Å². The third kappa shape index (κ3) is 8.37. The van der Waals surface area contributed by atoms with Gasteiger partial charge in [-0.3, -0.25) is 0 Å². The van der Waals surface area contributed by atoms with Gasteiger partial charge in [-0.2, -0.15) is 0 Å². The largest absolute Gasteiger partial charge is 0.504 e. The Bertz CT molecular complexity index is 2150. The Kier molecular flexibility index (Phi) is 13.5. The second kappa shape index (κ2) is 18.1. The zero-order valence-electron chi connectivity index (χ0n) is 33.8. The van der Waals surface area contributed by atoms with Gasteiger partial charge in [-0.1, -0.05) is 96.6 Å². The van der Waals surface area contributed by atoms with E-state index in [1.54, 1.807) is 30.3 Å². The predicted octanol–water partition coefficient (Wildman–Crippen LogP) is 10.9. The van der Waals surface area contributed by atoms with E-state index in [1.807, 2.05) is 26.8 Å². The zero-order chi connectivity index (χ0) is 42.4. The molecule has 58 heavy (non-hydrogen) atoms. The van der Waals surface area contributed by atoms with E-state index in [-0.39, 0.29) is 51.7 Å². The highest BCUT2D eigenvalue weighted by Gasteiger charge is 2.46. The third-order valence-electron chi connectivity index (χ3n) is 12.2. The second-order valence-corrected chi connectivity index (χ2v) is 15.7. The summed E-state index contributed by atoms with van der Waals surface area (Å²) in [6, 6.07) is 21.8. The highest BCUT2D eigenvalue weighted by atomic mass is 16.3. The SMILES string of the molecule is CCCCCC(CC)(c1ccc(O)c(O)c1)C(c1ccc(O)c(O)c1)c1cc(O)c(O)c(C(CCC)(CCCC)C(c2ccc(O)c(O)c2)c2ccc(O)c(O)c2)c1. The molecule has 0 heterocycles. The van der Waals surface area contributed by atoms with E-state index in [2.05, 4.69) is 6.92 Å². The van der Waals surface area contributed by atoms with E-state index in [1.165, 1.54) is 48.5 Å². The van der Waals surface area contributed by atoms with Gasteiger partial charge in [-0.05, 0) is 108 Å². The lowest BCUT2D eigenvalue weighted by atomic mass is 9.58. The van der Waals surface area contributed by atoms with Gasteiger partial charge in [-0.25, -0.2) is 0 Å². The Labute approximate surface area is 340 Å². The summed E-state index contributed by atoms with van der Waals surface area (Å²) in [6.45, 7) is 8.18. The van der Waals surface area contributed by atoms with Gasteiger partial charge in [0.15, 0.2) is 57.5 Å². The van der Waals surface area contributed by atoms with E-state index in [4.69, 9.17) is 0 Å². The minimum absolute atomic E-state index is 0.280. The summed E-state index contributed by atoms with van der Waals surface area (Å²) in [5.41, 5.74) is 1.47. The van der Waals surface area contributed by atoms with Crippen molar-refractivity contribution in [2.45, 2.75) is 115 Å². The number of phenolic OH excluding ortho intramolecular Hbond substituents is 10. The molecule has 10 nitrogen and oxygen atoms in total. The van der Waals surface area contributed by atoms with E-state index in [0.29, 0.717) is 71.9 Å². The molecule has 5 aromatic carbocycles. The van der Waals surface area contributed by atoms with Crippen LogP contribution in [0.4, 0.5) is 0 Å². The van der Waals surface area contributed by atoms with Gasteiger partial charge in [-0.15, -0.1) is 0 Å². The van der Waals surface area contributed by atoms with Gasteiger partial charge in [0.2, 0.25) is 0 Å². The lowest BCUT2D eigenvalue weighted by Gasteiger charge is -2.45. The van der Waals surface area contributed by atoms with Crippen molar-refractivity contribution in [1.82, 2.24) is 0 Å². The summed E-state index contributed by atoms with van der Waals surface area (Å²) < 4.78 is 0. The molecule has 10 N–H and O–H groups in total. The number of aromatic hydroxyl groups is 10. The van der Waals surface area contributed by atoms with Crippen LogP contribution in [0.5, 0.6) is 57.5 Å². The van der Waals surface area contributed by atoms with E-state index < -0.39 is 28.4 Å². The molecule has 3 atom stereocenters. The van der Waals surface area contributed by atoms with E-state index >= 15 is 0 Å². The first-order chi connectivity index (χ1) is 27.7. The predicted molar refractivity (Wildman–Crippen MR) is 225 cm³/mol. The van der Waals surface area contributed by atoms with Gasteiger partial charge in [0.1, 0.15) is 0 Å². The van der Waals surface area contributed by atoms with Crippen LogP contribution in [-0.2, 0) is 10.8 Å². The minimum Gasteiger partial charge on any atom is -0.504 e. The number of unbranched alkanes of at least 4 members (excludes halogenated alkanes) is 3. The molecule has 0 saturated heterocycles. The molecule has 0 bridgehead atoms. The van der Waals surface area contributed by atoms with Crippen molar-refractivity contribution in [2.24, 2.45) is 0 Å². The van der Waals surface area contributed by atoms with Crippen LogP contribution in [0.15, 0.2) is 84.9 Å². The summed E-state index contributed by atoms with van der Waals surface area (Å²) in [7, 11) is 0. The molecule has 0 spiro atoms. The highest BCUT2D eigenvalue weighted by Crippen LogP contribution is 2.58. The smallest absolute Gasteiger partial charge is 0.161 e. The Morgan fingerprint density at radius 1 is 0.379 bits per heavy atom. The van der Waals surface area contributed by atoms with Crippen LogP contribution in [0.25, 0.3) is 0 Å². The van der Waals surface area contributed by atoms with Crippen molar-refractivity contribution >= 4 is 0 Å². The molecule has 0 aliphatic rings. The Morgan fingerprint density at radius 3 is 1.24 bits per heavy atom. The first-order valence-corrected chi connectivity index (χ1v) is 20.3. The number of hydrogen-bond donors (Lipinski definition) is 10. The minimum atomic E-state index is -1.05. The molecular formula is C48H58O10. The fourth-order valence-corrected chi connectivity index (χ4v) is 9.35. The molecule has 0 saturated carbocycles. The molecule has 0 aliphatic heterocycles. The first kappa shape index (κ1) is 43.2. The fraction of sp³-hybridized carbons (Fsp3) is 0.375. The standard InChI is InChI=1S/C48H58O10/c1-5-9-11-22-47(8-4,33-15-19-38(52)42(56)28-33)45(31-14-18-37(51)41(55)26-31)32-23-34(46(58)43(57)27-32)48(20-7-3,21-10-6-2)44(29-12-16-35(49)39(53)24-29)30-13-17-36(50)40(54)25-30/h12-19,23-28,44-45,49-58H,5-11,20-22H2,1-4H3. The highest BCUT2D eigenvalue weighted by molar-refractivity contribution is 5.60. The summed E-state index contributed by atoms with van der Waals surface area (Å²) in [4.78, 5) is 0. The van der Waals surface area contributed by atoms with Crippen molar-refractivity contribution in [3.63, 3.8) is 0 Å². The molecule has 0 amide bonds.